The molecule has 2 rings (SSSR count). The quantitative estimate of drug-likeness (QED) is 0.738. The van der Waals surface area contributed by atoms with Crippen molar-refractivity contribution in [1.29, 1.82) is 0 Å². The average Bonchev–Trinajstić information content (AvgIpc) is 3.17. The van der Waals surface area contributed by atoms with E-state index in [1.807, 2.05) is 0 Å². The summed E-state index contributed by atoms with van der Waals surface area (Å²) in [6, 6.07) is 3.42. The van der Waals surface area contributed by atoms with E-state index in [0.29, 0.717) is 12.1 Å². The molecule has 1 aromatic rings. The first-order chi connectivity index (χ1) is 9.28. The van der Waals surface area contributed by atoms with E-state index < -0.39 is 0 Å². The molecular weight excluding hydrogens is 234 g/mol. The average molecular weight is 263 g/mol. The molecule has 0 aliphatic heterocycles. The lowest BCUT2D eigenvalue weighted by molar-refractivity contribution is 0.416. The van der Waals surface area contributed by atoms with Gasteiger partial charge in [0.2, 0.25) is 0 Å². The largest absolute Gasteiger partial charge is 0.313 e. The van der Waals surface area contributed by atoms with Gasteiger partial charge in [0.15, 0.2) is 0 Å². The molecule has 1 aromatic heterocycles. The first-order valence-corrected chi connectivity index (χ1v) is 8.05. The van der Waals surface area contributed by atoms with Crippen LogP contribution < -0.4 is 5.32 Å². The van der Waals surface area contributed by atoms with Crippen molar-refractivity contribution < 1.29 is 0 Å². The van der Waals surface area contributed by atoms with Crippen LogP contribution in [0, 0.1) is 5.92 Å². The van der Waals surface area contributed by atoms with Crippen LogP contribution in [0.25, 0.3) is 0 Å². The van der Waals surface area contributed by atoms with Gasteiger partial charge in [-0.15, -0.1) is 0 Å². The Hall–Kier alpha value is -0.830. The van der Waals surface area contributed by atoms with Crippen LogP contribution in [0.1, 0.15) is 64.6 Å². The Bertz CT molecular complexity index is 364. The fourth-order valence-electron chi connectivity index (χ4n) is 2.81. The zero-order chi connectivity index (χ0) is 13.7. The molecular formula is C16H29N3. The zero-order valence-corrected chi connectivity index (χ0v) is 12.7. The molecule has 108 valence electrons. The van der Waals surface area contributed by atoms with Crippen LogP contribution >= 0.6 is 0 Å². The molecule has 1 aliphatic carbocycles. The molecule has 0 saturated heterocycles. The monoisotopic (exact) mass is 263 g/mol. The van der Waals surface area contributed by atoms with Crippen LogP contribution in [0.3, 0.4) is 0 Å². The second kappa shape index (κ2) is 7.09. The minimum absolute atomic E-state index is 0.566. The molecule has 1 N–H and O–H groups in total. The van der Waals surface area contributed by atoms with Gasteiger partial charge in [0.1, 0.15) is 0 Å². The highest BCUT2D eigenvalue weighted by Gasteiger charge is 2.31. The van der Waals surface area contributed by atoms with Crippen molar-refractivity contribution in [3.05, 3.63) is 18.0 Å². The fraction of sp³-hybridized carbons (Fsp3) is 0.812. The van der Waals surface area contributed by atoms with E-state index in [1.165, 1.54) is 25.0 Å². The summed E-state index contributed by atoms with van der Waals surface area (Å²) in [5.41, 5.74) is 1.26. The maximum Gasteiger partial charge on any atom is 0.0640 e. The van der Waals surface area contributed by atoms with Crippen LogP contribution in [0.2, 0.25) is 0 Å². The van der Waals surface area contributed by atoms with Gasteiger partial charge in [0.25, 0.3) is 0 Å². The summed E-state index contributed by atoms with van der Waals surface area (Å²) in [5, 5.41) is 8.48. The van der Waals surface area contributed by atoms with E-state index in [1.54, 1.807) is 0 Å². The Labute approximate surface area is 117 Å². The fourth-order valence-corrected chi connectivity index (χ4v) is 2.81. The molecule has 3 nitrogen and oxygen atoms in total. The second-order valence-electron chi connectivity index (χ2n) is 5.86. The summed E-state index contributed by atoms with van der Waals surface area (Å²) in [7, 11) is 0. The van der Waals surface area contributed by atoms with Gasteiger partial charge in [-0.1, -0.05) is 20.8 Å². The predicted molar refractivity (Wildman–Crippen MR) is 80.4 cm³/mol. The Morgan fingerprint density at radius 3 is 2.63 bits per heavy atom. The van der Waals surface area contributed by atoms with Crippen LogP contribution in [-0.2, 0) is 6.42 Å². The van der Waals surface area contributed by atoms with E-state index in [4.69, 9.17) is 5.10 Å². The van der Waals surface area contributed by atoms with Crippen LogP contribution in [0.5, 0.6) is 0 Å². The molecule has 19 heavy (non-hydrogen) atoms. The molecule has 0 radical (unpaired) electrons. The predicted octanol–water partition coefficient (Wildman–Crippen LogP) is 3.56. The van der Waals surface area contributed by atoms with Crippen molar-refractivity contribution in [3.63, 3.8) is 0 Å². The molecule has 1 saturated carbocycles. The van der Waals surface area contributed by atoms with Crippen molar-refractivity contribution >= 4 is 0 Å². The lowest BCUT2D eigenvalue weighted by atomic mass is 10.1. The highest BCUT2D eigenvalue weighted by atomic mass is 15.3. The van der Waals surface area contributed by atoms with Crippen molar-refractivity contribution in [2.24, 2.45) is 5.92 Å². The third kappa shape index (κ3) is 4.07. The first kappa shape index (κ1) is 14.6. The van der Waals surface area contributed by atoms with Crippen LogP contribution in [0.4, 0.5) is 0 Å². The number of hydrogen-bond acceptors (Lipinski definition) is 2. The van der Waals surface area contributed by atoms with Crippen LogP contribution in [0.15, 0.2) is 12.3 Å². The highest BCUT2D eigenvalue weighted by molar-refractivity contribution is 5.04. The molecule has 1 atom stereocenters. The second-order valence-corrected chi connectivity index (χ2v) is 5.86. The third-order valence-electron chi connectivity index (χ3n) is 4.26. The molecule has 0 spiro atoms. The highest BCUT2D eigenvalue weighted by Crippen LogP contribution is 2.34. The topological polar surface area (TPSA) is 29.9 Å². The number of nitrogens with zero attached hydrogens (tertiary/aromatic N) is 2. The van der Waals surface area contributed by atoms with Crippen molar-refractivity contribution in [2.75, 3.05) is 6.54 Å². The standard InChI is InChI=1S/C16H29N3/c1-4-10-17-16(13-7-8-13)12-14-9-11-19(18-14)15(5-2)6-3/h9,11,13,15-17H,4-8,10,12H2,1-3H3. The minimum Gasteiger partial charge on any atom is -0.313 e. The Morgan fingerprint density at radius 2 is 2.05 bits per heavy atom. The van der Waals surface area contributed by atoms with E-state index in [9.17, 15) is 0 Å². The van der Waals surface area contributed by atoms with Crippen molar-refractivity contribution in [1.82, 2.24) is 15.1 Å². The van der Waals surface area contributed by atoms with E-state index >= 15 is 0 Å². The van der Waals surface area contributed by atoms with Gasteiger partial charge in [-0.25, -0.2) is 0 Å². The molecule has 0 bridgehead atoms. The number of hydrogen-bond donors (Lipinski definition) is 1. The van der Waals surface area contributed by atoms with Gasteiger partial charge in [-0.05, 0) is 50.6 Å². The minimum atomic E-state index is 0.566. The number of nitrogens with one attached hydrogen (secondary N) is 1. The summed E-state index contributed by atoms with van der Waals surface area (Å²) in [4.78, 5) is 0. The molecule has 0 aromatic carbocycles. The molecule has 1 aliphatic rings. The number of rotatable bonds is 9. The van der Waals surface area contributed by atoms with Gasteiger partial charge < -0.3 is 5.32 Å². The lowest BCUT2D eigenvalue weighted by Crippen LogP contribution is -2.33. The van der Waals surface area contributed by atoms with E-state index in [0.717, 1.165) is 31.7 Å². The van der Waals surface area contributed by atoms with Gasteiger partial charge in [0, 0.05) is 18.7 Å². The lowest BCUT2D eigenvalue weighted by Gasteiger charge is -2.17. The van der Waals surface area contributed by atoms with Gasteiger partial charge in [-0.3, -0.25) is 4.68 Å². The summed E-state index contributed by atoms with van der Waals surface area (Å²) >= 11 is 0. The zero-order valence-electron chi connectivity index (χ0n) is 12.7. The molecule has 0 amide bonds. The van der Waals surface area contributed by atoms with Gasteiger partial charge >= 0.3 is 0 Å². The van der Waals surface area contributed by atoms with Crippen molar-refractivity contribution in [3.8, 4) is 0 Å². The molecule has 1 fully saturated rings. The Morgan fingerprint density at radius 1 is 1.32 bits per heavy atom. The summed E-state index contributed by atoms with van der Waals surface area (Å²) in [6.07, 6.45) is 9.60. The maximum atomic E-state index is 4.79. The Balaban J connectivity index is 1.93. The molecule has 1 heterocycles. The summed E-state index contributed by atoms with van der Waals surface area (Å²) < 4.78 is 2.17. The summed E-state index contributed by atoms with van der Waals surface area (Å²) in [5.74, 6) is 0.893. The SMILES string of the molecule is CCCNC(Cc1ccn(C(CC)CC)n1)C1CC1. The van der Waals surface area contributed by atoms with E-state index in [2.05, 4.69) is 43.0 Å². The number of aromatic nitrogens is 2. The normalized spacial score (nSPS) is 17.1. The van der Waals surface area contributed by atoms with Gasteiger partial charge in [-0.2, -0.15) is 5.10 Å². The Kier molecular flexibility index (Phi) is 5.44. The van der Waals surface area contributed by atoms with E-state index in [-0.39, 0.29) is 0 Å². The van der Waals surface area contributed by atoms with Crippen LogP contribution in [-0.4, -0.2) is 22.4 Å². The first-order valence-electron chi connectivity index (χ1n) is 8.05. The van der Waals surface area contributed by atoms with Crippen molar-refractivity contribution in [2.45, 2.75) is 71.4 Å². The molecule has 3 heteroatoms. The maximum absolute atomic E-state index is 4.79. The molecule has 1 unspecified atom stereocenters. The summed E-state index contributed by atoms with van der Waals surface area (Å²) in [6.45, 7) is 7.85. The van der Waals surface area contributed by atoms with Gasteiger partial charge in [0.05, 0.1) is 11.7 Å². The third-order valence-corrected chi connectivity index (χ3v) is 4.26. The smallest absolute Gasteiger partial charge is 0.0640 e.